The van der Waals surface area contributed by atoms with Gasteiger partial charge in [-0.05, 0) is 29.8 Å². The van der Waals surface area contributed by atoms with Crippen LogP contribution in [0.25, 0.3) is 0 Å². The smallest absolute Gasteiger partial charge is 0.145 e. The van der Waals surface area contributed by atoms with Crippen LogP contribution in [0.15, 0.2) is 30.3 Å². The van der Waals surface area contributed by atoms with Gasteiger partial charge in [-0.1, -0.05) is 23.2 Å². The molecule has 2 aromatic rings. The minimum absolute atomic E-state index is 0.337. The molecule has 0 heterocycles. The second kappa shape index (κ2) is 6.87. The number of hydrogen-bond donors (Lipinski definition) is 1. The summed E-state index contributed by atoms with van der Waals surface area (Å²) in [7, 11) is 3.07. The summed E-state index contributed by atoms with van der Waals surface area (Å²) in [5, 5.41) is 4.06. The van der Waals surface area contributed by atoms with E-state index in [1.54, 1.807) is 19.2 Å². The third kappa shape index (κ3) is 3.71. The molecule has 2 aromatic carbocycles. The van der Waals surface area contributed by atoms with Gasteiger partial charge < -0.3 is 14.8 Å². The highest BCUT2D eigenvalue weighted by molar-refractivity contribution is 6.32. The van der Waals surface area contributed by atoms with E-state index in [4.69, 9.17) is 32.7 Å². The van der Waals surface area contributed by atoms with Gasteiger partial charge in [0.15, 0.2) is 0 Å². The Balaban J connectivity index is 2.23. The van der Waals surface area contributed by atoms with Crippen molar-refractivity contribution in [3.63, 3.8) is 0 Å². The van der Waals surface area contributed by atoms with Crippen LogP contribution >= 0.6 is 23.2 Å². The molecule has 0 aromatic heterocycles. The highest BCUT2D eigenvalue weighted by Crippen LogP contribution is 2.36. The molecule has 0 amide bonds. The number of benzene rings is 2. The predicted molar refractivity (Wildman–Crippen MR) is 83.3 cm³/mol. The predicted octanol–water partition coefficient (Wildman–Crippen LogP) is 4.76. The Hall–Kier alpha value is -1.65. The van der Waals surface area contributed by atoms with Crippen LogP contribution in [0.1, 0.15) is 5.56 Å². The maximum absolute atomic E-state index is 13.2. The minimum Gasteiger partial charge on any atom is -0.495 e. The molecule has 21 heavy (non-hydrogen) atoms. The van der Waals surface area contributed by atoms with Crippen molar-refractivity contribution in [3.8, 4) is 11.5 Å². The molecule has 6 heteroatoms. The van der Waals surface area contributed by atoms with E-state index in [-0.39, 0.29) is 5.82 Å². The Labute approximate surface area is 132 Å². The molecule has 0 atom stereocenters. The van der Waals surface area contributed by atoms with Gasteiger partial charge in [0.2, 0.25) is 0 Å². The first kappa shape index (κ1) is 15.7. The Bertz CT molecular complexity index is 650. The molecule has 112 valence electrons. The molecule has 0 saturated carbocycles. The number of rotatable bonds is 5. The largest absolute Gasteiger partial charge is 0.495 e. The number of methoxy groups -OCH3 is 2. The van der Waals surface area contributed by atoms with E-state index in [2.05, 4.69) is 5.32 Å². The van der Waals surface area contributed by atoms with Crippen LogP contribution in [0.4, 0.5) is 10.1 Å². The Morgan fingerprint density at radius 1 is 1.00 bits per heavy atom. The highest BCUT2D eigenvalue weighted by atomic mass is 35.5. The molecule has 0 unspecified atom stereocenters. The van der Waals surface area contributed by atoms with E-state index < -0.39 is 0 Å². The van der Waals surface area contributed by atoms with Crippen molar-refractivity contribution >= 4 is 28.9 Å². The molecule has 1 N–H and O–H groups in total. The van der Waals surface area contributed by atoms with Gasteiger partial charge in [-0.15, -0.1) is 0 Å². The third-order valence-electron chi connectivity index (χ3n) is 2.95. The quantitative estimate of drug-likeness (QED) is 0.857. The van der Waals surface area contributed by atoms with Gasteiger partial charge in [0.1, 0.15) is 17.3 Å². The number of ether oxygens (including phenoxy) is 2. The van der Waals surface area contributed by atoms with Crippen LogP contribution in [0.5, 0.6) is 11.5 Å². The molecule has 0 aliphatic heterocycles. The summed E-state index contributed by atoms with van der Waals surface area (Å²) >= 11 is 12.1. The lowest BCUT2D eigenvalue weighted by Crippen LogP contribution is -2.03. The number of anilines is 1. The van der Waals surface area contributed by atoms with Gasteiger partial charge >= 0.3 is 0 Å². The van der Waals surface area contributed by atoms with E-state index in [1.165, 1.54) is 25.3 Å². The van der Waals surface area contributed by atoms with Gasteiger partial charge in [0.25, 0.3) is 0 Å². The van der Waals surface area contributed by atoms with Crippen LogP contribution in [-0.4, -0.2) is 14.2 Å². The Morgan fingerprint density at radius 3 is 2.38 bits per heavy atom. The van der Waals surface area contributed by atoms with E-state index in [9.17, 15) is 4.39 Å². The highest BCUT2D eigenvalue weighted by Gasteiger charge is 2.10. The Kier molecular flexibility index (Phi) is 5.15. The van der Waals surface area contributed by atoms with Crippen molar-refractivity contribution in [1.82, 2.24) is 0 Å². The topological polar surface area (TPSA) is 30.5 Å². The second-order valence-electron chi connectivity index (χ2n) is 4.28. The van der Waals surface area contributed by atoms with Gasteiger partial charge in [-0.25, -0.2) is 4.39 Å². The molecule has 0 fully saturated rings. The second-order valence-corrected chi connectivity index (χ2v) is 5.09. The Morgan fingerprint density at radius 2 is 1.71 bits per heavy atom. The van der Waals surface area contributed by atoms with Crippen LogP contribution in [0, 0.1) is 5.82 Å². The molecule has 0 spiro atoms. The first-order chi connectivity index (χ1) is 10.0. The summed E-state index contributed by atoms with van der Waals surface area (Å²) < 4.78 is 23.6. The normalized spacial score (nSPS) is 10.3. The summed E-state index contributed by atoms with van der Waals surface area (Å²) in [6, 6.07) is 7.58. The van der Waals surface area contributed by atoms with Crippen LogP contribution in [0.2, 0.25) is 10.0 Å². The molecular weight excluding hydrogens is 316 g/mol. The van der Waals surface area contributed by atoms with E-state index in [1.807, 2.05) is 0 Å². The van der Waals surface area contributed by atoms with Crippen LogP contribution in [-0.2, 0) is 6.54 Å². The van der Waals surface area contributed by atoms with E-state index >= 15 is 0 Å². The van der Waals surface area contributed by atoms with Crippen molar-refractivity contribution < 1.29 is 13.9 Å². The maximum Gasteiger partial charge on any atom is 0.145 e. The average molecular weight is 330 g/mol. The molecule has 0 bridgehead atoms. The van der Waals surface area contributed by atoms with Crippen molar-refractivity contribution in [2.75, 3.05) is 19.5 Å². The average Bonchev–Trinajstić information content (AvgIpc) is 2.48. The first-order valence-corrected chi connectivity index (χ1v) is 6.90. The number of nitrogens with one attached hydrogen (secondary N) is 1. The molecular formula is C15H14Cl2FNO2. The van der Waals surface area contributed by atoms with Crippen molar-refractivity contribution in [1.29, 1.82) is 0 Å². The SMILES string of the molecule is COc1cc(OC)c(NCc2cc(F)ccc2Cl)cc1Cl. The number of halogens is 3. The van der Waals surface area contributed by atoms with Gasteiger partial charge in [-0.2, -0.15) is 0 Å². The fraction of sp³-hybridized carbons (Fsp3) is 0.200. The first-order valence-electron chi connectivity index (χ1n) is 6.14. The number of hydrogen-bond acceptors (Lipinski definition) is 3. The zero-order valence-electron chi connectivity index (χ0n) is 11.5. The van der Waals surface area contributed by atoms with Crippen LogP contribution in [0.3, 0.4) is 0 Å². The molecule has 3 nitrogen and oxygen atoms in total. The van der Waals surface area contributed by atoms with Gasteiger partial charge in [0.05, 0.1) is 24.9 Å². The van der Waals surface area contributed by atoms with Crippen molar-refractivity contribution in [3.05, 3.63) is 51.8 Å². The van der Waals surface area contributed by atoms with Crippen molar-refractivity contribution in [2.45, 2.75) is 6.54 Å². The fourth-order valence-corrected chi connectivity index (χ4v) is 2.29. The lowest BCUT2D eigenvalue weighted by molar-refractivity contribution is 0.395. The standard InChI is InChI=1S/C15H14Cl2FNO2/c1-20-14-7-15(21-2)13(6-12(14)17)19-8-9-5-10(18)3-4-11(9)16/h3-7,19H,8H2,1-2H3. The van der Waals surface area contributed by atoms with E-state index in [0.717, 1.165) is 0 Å². The van der Waals surface area contributed by atoms with E-state index in [0.29, 0.717) is 39.3 Å². The molecule has 0 aliphatic rings. The summed E-state index contributed by atoms with van der Waals surface area (Å²) in [4.78, 5) is 0. The summed E-state index contributed by atoms with van der Waals surface area (Å²) in [6.07, 6.45) is 0. The fourth-order valence-electron chi connectivity index (χ4n) is 1.87. The third-order valence-corrected chi connectivity index (χ3v) is 3.62. The summed E-state index contributed by atoms with van der Waals surface area (Å²) in [6.45, 7) is 0.343. The molecule has 0 aliphatic carbocycles. The molecule has 0 radical (unpaired) electrons. The maximum atomic E-state index is 13.2. The zero-order chi connectivity index (χ0) is 15.4. The molecule has 2 rings (SSSR count). The summed E-state index contributed by atoms with van der Waals surface area (Å²) in [5.74, 6) is 0.752. The summed E-state index contributed by atoms with van der Waals surface area (Å²) in [5.41, 5.74) is 1.31. The van der Waals surface area contributed by atoms with Gasteiger partial charge in [0, 0.05) is 17.6 Å². The van der Waals surface area contributed by atoms with Gasteiger partial charge in [-0.3, -0.25) is 0 Å². The van der Waals surface area contributed by atoms with Crippen molar-refractivity contribution in [2.24, 2.45) is 0 Å². The van der Waals surface area contributed by atoms with Crippen LogP contribution < -0.4 is 14.8 Å². The zero-order valence-corrected chi connectivity index (χ0v) is 13.1. The lowest BCUT2D eigenvalue weighted by atomic mass is 10.2. The minimum atomic E-state index is -0.337. The lowest BCUT2D eigenvalue weighted by Gasteiger charge is -2.14. The monoisotopic (exact) mass is 329 g/mol. The molecule has 0 saturated heterocycles.